The second-order valence-corrected chi connectivity index (χ2v) is 9.53. The number of nitrogens with one attached hydrogen (secondary N) is 1. The molecule has 8 heteroatoms. The highest BCUT2D eigenvalue weighted by molar-refractivity contribution is 7.99. The van der Waals surface area contributed by atoms with Crippen LogP contribution in [0.4, 0.5) is 0 Å². The van der Waals surface area contributed by atoms with Gasteiger partial charge >= 0.3 is 0 Å². The lowest BCUT2D eigenvalue weighted by Crippen LogP contribution is -2.27. The van der Waals surface area contributed by atoms with Crippen molar-refractivity contribution in [1.82, 2.24) is 14.9 Å². The third-order valence-electron chi connectivity index (χ3n) is 3.96. The van der Waals surface area contributed by atoms with Crippen LogP contribution in [-0.4, -0.2) is 33.6 Å². The molecule has 4 aromatic rings. The van der Waals surface area contributed by atoms with E-state index in [0.717, 1.165) is 26.3 Å². The van der Waals surface area contributed by atoms with Gasteiger partial charge in [-0.1, -0.05) is 23.9 Å². The number of aromatic amines is 1. The van der Waals surface area contributed by atoms with Crippen LogP contribution >= 0.6 is 45.8 Å². The van der Waals surface area contributed by atoms with Crippen molar-refractivity contribution >= 4 is 51.7 Å². The summed E-state index contributed by atoms with van der Waals surface area (Å²) in [5.74, 6) is 0.458. The van der Waals surface area contributed by atoms with Crippen LogP contribution in [0.5, 0.6) is 0 Å². The monoisotopic (exact) mass is 431 g/mol. The molecule has 0 aliphatic heterocycles. The zero-order valence-electron chi connectivity index (χ0n) is 14.5. The van der Waals surface area contributed by atoms with E-state index < -0.39 is 0 Å². The summed E-state index contributed by atoms with van der Waals surface area (Å²) in [6, 6.07) is 10.3. The Kier molecular flexibility index (Phi) is 5.77. The van der Waals surface area contributed by atoms with E-state index in [4.69, 9.17) is 4.98 Å². The highest BCUT2D eigenvalue weighted by Gasteiger charge is 2.17. The van der Waals surface area contributed by atoms with Gasteiger partial charge in [0.1, 0.15) is 5.69 Å². The van der Waals surface area contributed by atoms with Gasteiger partial charge in [-0.05, 0) is 45.3 Å². The van der Waals surface area contributed by atoms with E-state index in [9.17, 15) is 4.79 Å². The summed E-state index contributed by atoms with van der Waals surface area (Å²) in [6.07, 6.45) is 0. The number of imidazole rings is 1. The van der Waals surface area contributed by atoms with Crippen LogP contribution in [0.15, 0.2) is 57.0 Å². The van der Waals surface area contributed by atoms with E-state index in [0.29, 0.717) is 12.3 Å². The first-order valence-electron chi connectivity index (χ1n) is 8.26. The van der Waals surface area contributed by atoms with Gasteiger partial charge in [-0.25, -0.2) is 4.98 Å². The van der Waals surface area contributed by atoms with E-state index in [1.54, 1.807) is 38.9 Å². The van der Waals surface area contributed by atoms with Crippen molar-refractivity contribution in [3.8, 4) is 21.1 Å². The van der Waals surface area contributed by atoms with Crippen LogP contribution in [0.3, 0.4) is 0 Å². The molecule has 0 aliphatic carbocycles. The molecule has 0 spiro atoms. The lowest BCUT2D eigenvalue weighted by molar-refractivity contribution is -0.127. The van der Waals surface area contributed by atoms with E-state index in [1.807, 2.05) is 24.6 Å². The Bertz CT molecular complexity index is 937. The number of carbonyl (C=O) groups is 1. The van der Waals surface area contributed by atoms with Gasteiger partial charge in [-0.3, -0.25) is 4.79 Å². The number of aromatic nitrogens is 2. The van der Waals surface area contributed by atoms with Crippen LogP contribution in [0.1, 0.15) is 5.56 Å². The first-order valence-corrected chi connectivity index (χ1v) is 11.9. The normalized spacial score (nSPS) is 11.0. The summed E-state index contributed by atoms with van der Waals surface area (Å²) in [7, 11) is 1.84. The Morgan fingerprint density at radius 3 is 2.59 bits per heavy atom. The summed E-state index contributed by atoms with van der Waals surface area (Å²) in [5, 5.41) is 8.99. The molecule has 1 N–H and O–H groups in total. The van der Waals surface area contributed by atoms with Crippen molar-refractivity contribution in [3.05, 3.63) is 57.4 Å². The van der Waals surface area contributed by atoms with Gasteiger partial charge in [-0.2, -0.15) is 11.3 Å². The second kappa shape index (κ2) is 8.43. The standard InChI is InChI=1S/C19H17N3OS4/c1-22(10-13-6-9-24-11-13)16(23)12-27-19-20-17(14-4-2-7-25-14)18(21-19)15-5-3-8-26-15/h2-9,11H,10,12H2,1H3,(H,20,21). The molecule has 1 amide bonds. The van der Waals surface area contributed by atoms with E-state index >= 15 is 0 Å². The smallest absolute Gasteiger partial charge is 0.233 e. The van der Waals surface area contributed by atoms with Crippen LogP contribution < -0.4 is 0 Å². The summed E-state index contributed by atoms with van der Waals surface area (Å²) >= 11 is 6.45. The molecule has 4 nitrogen and oxygen atoms in total. The van der Waals surface area contributed by atoms with Gasteiger partial charge in [0, 0.05) is 13.6 Å². The molecule has 0 radical (unpaired) electrons. The SMILES string of the molecule is CN(Cc1ccsc1)C(=O)CSc1nc(-c2cccs2)c(-c2cccs2)[nH]1. The molecule has 4 aromatic heterocycles. The summed E-state index contributed by atoms with van der Waals surface area (Å²) < 4.78 is 0. The first kappa shape index (κ1) is 18.5. The third-order valence-corrected chi connectivity index (χ3v) is 7.32. The highest BCUT2D eigenvalue weighted by atomic mass is 32.2. The van der Waals surface area contributed by atoms with Crippen LogP contribution in [-0.2, 0) is 11.3 Å². The van der Waals surface area contributed by atoms with Gasteiger partial charge in [0.2, 0.25) is 5.91 Å². The second-order valence-electron chi connectivity index (χ2n) is 5.89. The quantitative estimate of drug-likeness (QED) is 0.383. The van der Waals surface area contributed by atoms with Crippen molar-refractivity contribution in [2.45, 2.75) is 11.7 Å². The molecule has 27 heavy (non-hydrogen) atoms. The Hall–Kier alpha value is -1.87. The van der Waals surface area contributed by atoms with Crippen molar-refractivity contribution < 1.29 is 4.79 Å². The number of thiophene rings is 3. The number of rotatable bonds is 7. The maximum absolute atomic E-state index is 12.5. The van der Waals surface area contributed by atoms with Crippen LogP contribution in [0.25, 0.3) is 21.1 Å². The summed E-state index contributed by atoms with van der Waals surface area (Å²) in [5.41, 5.74) is 3.14. The molecule has 0 saturated heterocycles. The van der Waals surface area contributed by atoms with Crippen LogP contribution in [0.2, 0.25) is 0 Å². The third kappa shape index (κ3) is 4.35. The lowest BCUT2D eigenvalue weighted by atomic mass is 10.2. The molecule has 4 heterocycles. The maximum atomic E-state index is 12.5. The van der Waals surface area contributed by atoms with Gasteiger partial charge in [0.15, 0.2) is 5.16 Å². The fourth-order valence-electron chi connectivity index (χ4n) is 2.60. The Balaban J connectivity index is 1.48. The zero-order valence-corrected chi connectivity index (χ0v) is 17.8. The lowest BCUT2D eigenvalue weighted by Gasteiger charge is -2.15. The minimum atomic E-state index is 0.0953. The first-order chi connectivity index (χ1) is 13.2. The number of nitrogens with zero attached hydrogens (tertiary/aromatic N) is 2. The fourth-order valence-corrected chi connectivity index (χ4v) is 5.51. The molecule has 0 saturated carbocycles. The van der Waals surface area contributed by atoms with Crippen molar-refractivity contribution in [3.63, 3.8) is 0 Å². The molecule has 0 bridgehead atoms. The molecule has 4 rings (SSSR count). The van der Waals surface area contributed by atoms with Crippen LogP contribution in [0, 0.1) is 0 Å². The number of hydrogen-bond donors (Lipinski definition) is 1. The fraction of sp³-hybridized carbons (Fsp3) is 0.158. The number of hydrogen-bond acceptors (Lipinski definition) is 6. The maximum Gasteiger partial charge on any atom is 0.233 e. The molecular formula is C19H17N3OS4. The molecular weight excluding hydrogens is 414 g/mol. The van der Waals surface area contributed by atoms with E-state index in [-0.39, 0.29) is 5.91 Å². The largest absolute Gasteiger partial charge is 0.341 e. The average molecular weight is 432 g/mol. The predicted molar refractivity (Wildman–Crippen MR) is 117 cm³/mol. The molecule has 0 fully saturated rings. The Morgan fingerprint density at radius 1 is 1.15 bits per heavy atom. The molecule has 0 aliphatic rings. The Morgan fingerprint density at radius 2 is 1.93 bits per heavy atom. The molecule has 0 aromatic carbocycles. The molecule has 0 unspecified atom stereocenters. The Labute approximate surface area is 173 Å². The topological polar surface area (TPSA) is 49.0 Å². The number of amides is 1. The average Bonchev–Trinajstić information content (AvgIpc) is 3.46. The number of thioether (sulfide) groups is 1. The van der Waals surface area contributed by atoms with Gasteiger partial charge in [-0.15, -0.1) is 22.7 Å². The summed E-state index contributed by atoms with van der Waals surface area (Å²) in [6.45, 7) is 0.641. The van der Waals surface area contributed by atoms with E-state index in [2.05, 4.69) is 39.3 Å². The minimum Gasteiger partial charge on any atom is -0.341 e. The predicted octanol–water partition coefficient (Wildman–Crippen LogP) is 5.68. The summed E-state index contributed by atoms with van der Waals surface area (Å²) in [4.78, 5) is 24.7. The van der Waals surface area contributed by atoms with Gasteiger partial charge in [0.25, 0.3) is 0 Å². The zero-order chi connectivity index (χ0) is 18.6. The number of H-pyrrole nitrogens is 1. The number of carbonyl (C=O) groups excluding carboxylic acids is 1. The highest BCUT2D eigenvalue weighted by Crippen LogP contribution is 2.36. The van der Waals surface area contributed by atoms with E-state index in [1.165, 1.54) is 17.3 Å². The van der Waals surface area contributed by atoms with Crippen molar-refractivity contribution in [2.24, 2.45) is 0 Å². The van der Waals surface area contributed by atoms with Gasteiger partial charge in [0.05, 0.1) is 21.2 Å². The minimum absolute atomic E-state index is 0.0953. The van der Waals surface area contributed by atoms with Crippen molar-refractivity contribution in [2.75, 3.05) is 12.8 Å². The molecule has 0 atom stereocenters. The molecule has 138 valence electrons. The van der Waals surface area contributed by atoms with Gasteiger partial charge < -0.3 is 9.88 Å². The van der Waals surface area contributed by atoms with Crippen molar-refractivity contribution in [1.29, 1.82) is 0 Å².